The molecule has 0 aliphatic heterocycles. The molecule has 2 heterocycles. The number of hydrogen-bond donors (Lipinski definition) is 1. The van der Waals surface area contributed by atoms with Crippen molar-refractivity contribution >= 4 is 37.2 Å². The van der Waals surface area contributed by atoms with Crippen molar-refractivity contribution in [2.75, 3.05) is 41.9 Å². The number of fused-ring (bicyclic) bond motifs is 2. The van der Waals surface area contributed by atoms with Gasteiger partial charge in [0.05, 0.1) is 34.9 Å². The van der Waals surface area contributed by atoms with Crippen LogP contribution in [0.15, 0.2) is 106 Å². The second-order valence-electron chi connectivity index (χ2n) is 12.3. The number of pyridine rings is 2. The molecule has 6 rings (SSSR count). The minimum absolute atomic E-state index is 0.0127. The van der Waals surface area contributed by atoms with E-state index in [-0.39, 0.29) is 22.4 Å². The third-order valence-corrected chi connectivity index (χ3v) is 12.4. The number of aliphatic hydroxyl groups excluding tert-OH is 1. The van der Waals surface area contributed by atoms with Gasteiger partial charge in [0.25, 0.3) is 0 Å². The molecule has 2 aromatic carbocycles. The zero-order valence-electron chi connectivity index (χ0n) is 28.6. The van der Waals surface area contributed by atoms with Gasteiger partial charge >= 0.3 is 5.97 Å². The maximum atomic E-state index is 12.2. The quantitative estimate of drug-likeness (QED) is 0.241. The van der Waals surface area contributed by atoms with E-state index >= 15 is 0 Å². The lowest BCUT2D eigenvalue weighted by molar-refractivity contribution is -0.136. The molecule has 50 heavy (non-hydrogen) atoms. The molecule has 2 aromatic heterocycles. The first-order valence-corrected chi connectivity index (χ1v) is 18.7. The van der Waals surface area contributed by atoms with E-state index in [0.717, 1.165) is 56.8 Å². The number of sulfonamides is 2. The van der Waals surface area contributed by atoms with Crippen LogP contribution in [-0.2, 0) is 55.3 Å². The number of allylic oxidation sites excluding steroid dienone is 2. The van der Waals surface area contributed by atoms with Gasteiger partial charge in [-0.2, -0.15) is 0 Å². The molecule has 0 spiro atoms. The molecule has 1 N–H and O–H groups in total. The molecule has 0 amide bonds. The third kappa shape index (κ3) is 7.62. The molecule has 262 valence electrons. The molecule has 4 aromatic rings. The SMILES string of the molecule is CN(C)S(=O)(=O)c1ccc(CC2=C(CO)Cc3cccnc32)cc1.COC(=O)C1=C(Cc2ccc(S(=O)(=O)N(C)C)cc2)c2ncccc2C1. The summed E-state index contributed by atoms with van der Waals surface area (Å²) in [4.78, 5) is 21.5. The Morgan fingerprint density at radius 1 is 0.700 bits per heavy atom. The number of benzene rings is 2. The summed E-state index contributed by atoms with van der Waals surface area (Å²) in [5.74, 6) is -0.357. The number of hydrogen-bond acceptors (Lipinski definition) is 9. The molecule has 0 bridgehead atoms. The highest BCUT2D eigenvalue weighted by Crippen LogP contribution is 2.35. The van der Waals surface area contributed by atoms with Crippen LogP contribution in [0.4, 0.5) is 0 Å². The number of aliphatic hydroxyl groups is 1. The Labute approximate surface area is 293 Å². The van der Waals surface area contributed by atoms with Gasteiger partial charge in [0.15, 0.2) is 0 Å². The van der Waals surface area contributed by atoms with Crippen LogP contribution in [0.25, 0.3) is 11.1 Å². The Morgan fingerprint density at radius 3 is 1.58 bits per heavy atom. The fourth-order valence-corrected chi connectivity index (χ4v) is 7.71. The van der Waals surface area contributed by atoms with Crippen LogP contribution in [0.2, 0.25) is 0 Å². The molecule has 11 nitrogen and oxygen atoms in total. The first kappa shape index (κ1) is 36.7. The Hall–Kier alpha value is -4.53. The van der Waals surface area contributed by atoms with Crippen LogP contribution in [-0.4, -0.2) is 88.4 Å². The molecule has 2 aliphatic rings. The van der Waals surface area contributed by atoms with E-state index in [1.54, 1.807) is 48.8 Å². The summed E-state index contributed by atoms with van der Waals surface area (Å²) < 4.78 is 55.9. The van der Waals surface area contributed by atoms with Crippen LogP contribution in [0.3, 0.4) is 0 Å². The number of carbonyl (C=O) groups is 1. The highest BCUT2D eigenvalue weighted by Gasteiger charge is 2.28. The molecular formula is C37H40N4O7S2. The second kappa shape index (κ2) is 15.2. The van der Waals surface area contributed by atoms with Crippen LogP contribution >= 0.6 is 0 Å². The molecule has 0 radical (unpaired) electrons. The smallest absolute Gasteiger partial charge is 0.334 e. The van der Waals surface area contributed by atoms with Gasteiger partial charge in [0.1, 0.15) is 0 Å². The standard InChI is InChI=1S/C19H20N2O4S.C18H20N2O3S/c1-21(2)26(23,24)15-8-6-13(7-9-15)11-16-17(19(22)25-3)12-14-5-4-10-20-18(14)16;1-20(2)24(22,23)16-7-5-13(6-8-16)10-17-15(12-21)11-14-4-3-9-19-18(14)17/h4-10H,11-12H2,1-3H3;3-9,21H,10-12H2,1-2H3. The maximum absolute atomic E-state index is 12.2. The van der Waals surface area contributed by atoms with Crippen molar-refractivity contribution in [2.45, 2.75) is 35.5 Å². The highest BCUT2D eigenvalue weighted by atomic mass is 32.2. The molecule has 2 aliphatic carbocycles. The van der Waals surface area contributed by atoms with Crippen molar-refractivity contribution in [2.24, 2.45) is 0 Å². The monoisotopic (exact) mass is 716 g/mol. The first-order valence-electron chi connectivity index (χ1n) is 15.8. The van der Waals surface area contributed by atoms with Crippen LogP contribution in [0.5, 0.6) is 0 Å². The summed E-state index contributed by atoms with van der Waals surface area (Å²) in [5.41, 5.74) is 9.21. The van der Waals surface area contributed by atoms with Gasteiger partial charge in [0.2, 0.25) is 20.0 Å². The molecule has 0 saturated carbocycles. The topological polar surface area (TPSA) is 147 Å². The fourth-order valence-electron chi connectivity index (χ4n) is 5.91. The number of nitrogens with zero attached hydrogens (tertiary/aromatic N) is 4. The van der Waals surface area contributed by atoms with Crippen LogP contribution in [0.1, 0.15) is 33.6 Å². The number of rotatable bonds is 10. The number of ether oxygens (including phenoxy) is 1. The Kier molecular flexibility index (Phi) is 11.1. The lowest BCUT2D eigenvalue weighted by atomic mass is 10.0. The minimum Gasteiger partial charge on any atom is -0.466 e. The van der Waals surface area contributed by atoms with Crippen molar-refractivity contribution in [1.82, 2.24) is 18.6 Å². The number of aromatic nitrogens is 2. The number of carbonyl (C=O) groups excluding carboxylic acids is 1. The average Bonchev–Trinajstić information content (AvgIpc) is 3.66. The molecule has 0 fully saturated rings. The molecule has 0 saturated heterocycles. The van der Waals surface area contributed by atoms with Gasteiger partial charge in [-0.15, -0.1) is 0 Å². The van der Waals surface area contributed by atoms with Crippen molar-refractivity contribution < 1.29 is 31.5 Å². The van der Waals surface area contributed by atoms with E-state index in [0.29, 0.717) is 24.8 Å². The minimum atomic E-state index is -3.46. The van der Waals surface area contributed by atoms with E-state index < -0.39 is 20.0 Å². The van der Waals surface area contributed by atoms with E-state index in [9.17, 15) is 26.7 Å². The van der Waals surface area contributed by atoms with Crippen molar-refractivity contribution in [3.8, 4) is 0 Å². The van der Waals surface area contributed by atoms with Crippen LogP contribution < -0.4 is 0 Å². The van der Waals surface area contributed by atoms with Gasteiger partial charge in [-0.3, -0.25) is 9.97 Å². The lowest BCUT2D eigenvalue weighted by Gasteiger charge is -2.12. The maximum Gasteiger partial charge on any atom is 0.334 e. The highest BCUT2D eigenvalue weighted by molar-refractivity contribution is 7.89. The zero-order chi connectivity index (χ0) is 36.2. The summed E-state index contributed by atoms with van der Waals surface area (Å²) in [7, 11) is 0.515. The zero-order valence-corrected chi connectivity index (χ0v) is 30.3. The Bertz CT molecular complexity index is 2180. The van der Waals surface area contributed by atoms with Gasteiger partial charge in [-0.1, -0.05) is 36.4 Å². The fraction of sp³-hybridized carbons (Fsp3) is 0.270. The van der Waals surface area contributed by atoms with Crippen molar-refractivity contribution in [3.63, 3.8) is 0 Å². The van der Waals surface area contributed by atoms with Gasteiger partial charge in [-0.25, -0.2) is 30.2 Å². The average molecular weight is 717 g/mol. The largest absolute Gasteiger partial charge is 0.466 e. The summed E-state index contributed by atoms with van der Waals surface area (Å²) in [6.45, 7) is 0.0127. The summed E-state index contributed by atoms with van der Waals surface area (Å²) in [6, 6.07) is 21.3. The van der Waals surface area contributed by atoms with E-state index in [4.69, 9.17) is 4.74 Å². The van der Waals surface area contributed by atoms with Crippen molar-refractivity contribution in [1.29, 1.82) is 0 Å². The predicted molar refractivity (Wildman–Crippen MR) is 191 cm³/mol. The molecular weight excluding hydrogens is 677 g/mol. The second-order valence-corrected chi connectivity index (χ2v) is 16.6. The summed E-state index contributed by atoms with van der Waals surface area (Å²) in [6.07, 6.45) is 5.79. The van der Waals surface area contributed by atoms with Crippen molar-refractivity contribution in [3.05, 3.63) is 130 Å². The predicted octanol–water partition coefficient (Wildman–Crippen LogP) is 3.93. The molecule has 13 heteroatoms. The summed E-state index contributed by atoms with van der Waals surface area (Å²) >= 11 is 0. The lowest BCUT2D eigenvalue weighted by Crippen LogP contribution is -2.22. The first-order chi connectivity index (χ1) is 23.8. The summed E-state index contributed by atoms with van der Waals surface area (Å²) in [5, 5.41) is 9.63. The number of esters is 1. The third-order valence-electron chi connectivity index (χ3n) is 8.70. The normalized spacial score (nSPS) is 14.1. The van der Waals surface area contributed by atoms with E-state index in [1.807, 2.05) is 36.4 Å². The molecule has 0 atom stereocenters. The van der Waals surface area contributed by atoms with E-state index in [2.05, 4.69) is 9.97 Å². The van der Waals surface area contributed by atoms with Gasteiger partial charge < -0.3 is 9.84 Å². The Morgan fingerprint density at radius 2 is 1.14 bits per heavy atom. The number of methoxy groups -OCH3 is 1. The Balaban J connectivity index is 0.000000195. The van der Waals surface area contributed by atoms with Gasteiger partial charge in [-0.05, 0) is 88.2 Å². The van der Waals surface area contributed by atoms with E-state index in [1.165, 1.54) is 43.9 Å². The molecule has 0 unspecified atom stereocenters. The van der Waals surface area contributed by atoms with Gasteiger partial charge in [0, 0.05) is 59.0 Å². The van der Waals surface area contributed by atoms with Crippen LogP contribution in [0, 0.1) is 0 Å².